The summed E-state index contributed by atoms with van der Waals surface area (Å²) in [5.41, 5.74) is 1.75. The number of anilines is 1. The highest BCUT2D eigenvalue weighted by Crippen LogP contribution is 2.25. The molecule has 0 bridgehead atoms. The first-order chi connectivity index (χ1) is 13.4. The average molecular weight is 398 g/mol. The molecular weight excluding hydrogens is 385 g/mol. The molecule has 0 unspecified atom stereocenters. The molecule has 4 rings (SSSR count). The fourth-order valence-corrected chi connectivity index (χ4v) is 3.21. The number of hydrogen-bond donors (Lipinski definition) is 2. The smallest absolute Gasteiger partial charge is 0.260 e. The van der Waals surface area contributed by atoms with E-state index in [1.807, 2.05) is 0 Å². The molecule has 9 heteroatoms. The average Bonchev–Trinajstić information content (AvgIpc) is 2.97. The Bertz CT molecular complexity index is 1260. The second-order valence-corrected chi connectivity index (χ2v) is 6.42. The van der Waals surface area contributed by atoms with E-state index >= 15 is 0 Å². The Morgan fingerprint density at radius 3 is 2.71 bits per heavy atom. The summed E-state index contributed by atoms with van der Waals surface area (Å²) >= 11 is 6.37. The molecule has 0 radical (unpaired) electrons. The molecule has 2 N–H and O–H groups in total. The third kappa shape index (κ3) is 3.14. The molecule has 2 aromatic carbocycles. The van der Waals surface area contributed by atoms with Gasteiger partial charge in [-0.1, -0.05) is 11.6 Å². The van der Waals surface area contributed by atoms with E-state index in [0.717, 1.165) is 0 Å². The van der Waals surface area contributed by atoms with Crippen LogP contribution in [0.15, 0.2) is 53.6 Å². The molecule has 0 atom stereocenters. The lowest BCUT2D eigenvalue weighted by molar-refractivity contribution is 0.102. The topological polar surface area (TPSA) is 92.7 Å². The Morgan fingerprint density at radius 2 is 1.96 bits per heavy atom. The van der Waals surface area contributed by atoms with Crippen LogP contribution < -0.4 is 10.9 Å². The largest absolute Gasteiger partial charge is 0.322 e. The number of nitrogens with one attached hydrogen (secondary N) is 2. The zero-order valence-corrected chi connectivity index (χ0v) is 15.3. The van der Waals surface area contributed by atoms with Gasteiger partial charge in [0.05, 0.1) is 28.6 Å². The van der Waals surface area contributed by atoms with Crippen LogP contribution in [0.4, 0.5) is 10.1 Å². The number of nitrogens with zero attached hydrogens (tertiary/aromatic N) is 3. The van der Waals surface area contributed by atoms with E-state index < -0.39 is 5.91 Å². The predicted molar refractivity (Wildman–Crippen MR) is 104 cm³/mol. The summed E-state index contributed by atoms with van der Waals surface area (Å²) in [6, 6.07) is 10.4. The lowest BCUT2D eigenvalue weighted by atomic mass is 10.2. The van der Waals surface area contributed by atoms with Crippen LogP contribution in [0, 0.1) is 12.7 Å². The zero-order chi connectivity index (χ0) is 19.8. The number of halogens is 2. The van der Waals surface area contributed by atoms with Crippen molar-refractivity contribution in [2.24, 2.45) is 0 Å². The minimum Gasteiger partial charge on any atom is -0.322 e. The first kappa shape index (κ1) is 17.9. The third-order valence-corrected chi connectivity index (χ3v) is 4.55. The molecule has 0 spiro atoms. The normalized spacial score (nSPS) is 11.0. The van der Waals surface area contributed by atoms with Gasteiger partial charge in [0, 0.05) is 5.69 Å². The van der Waals surface area contributed by atoms with Crippen molar-refractivity contribution in [3.8, 4) is 5.69 Å². The highest BCUT2D eigenvalue weighted by Gasteiger charge is 2.21. The number of rotatable bonds is 3. The van der Waals surface area contributed by atoms with Crippen LogP contribution in [-0.2, 0) is 0 Å². The van der Waals surface area contributed by atoms with Crippen molar-refractivity contribution in [3.63, 3.8) is 0 Å². The van der Waals surface area contributed by atoms with Crippen LogP contribution in [0.2, 0.25) is 5.15 Å². The van der Waals surface area contributed by atoms with Crippen molar-refractivity contribution in [3.05, 3.63) is 81.4 Å². The molecule has 0 aliphatic heterocycles. The van der Waals surface area contributed by atoms with Gasteiger partial charge >= 0.3 is 0 Å². The van der Waals surface area contributed by atoms with Gasteiger partial charge in [0.2, 0.25) is 0 Å². The van der Waals surface area contributed by atoms with Gasteiger partial charge < -0.3 is 10.3 Å². The minimum atomic E-state index is -0.476. The van der Waals surface area contributed by atoms with Crippen LogP contribution in [-0.4, -0.2) is 25.7 Å². The molecule has 0 saturated carbocycles. The fraction of sp³-hybridized carbons (Fsp3) is 0.0526. The minimum absolute atomic E-state index is 0.0990. The summed E-state index contributed by atoms with van der Waals surface area (Å²) in [5.74, 6) is -0.863. The summed E-state index contributed by atoms with van der Waals surface area (Å²) in [5, 5.41) is 7.44. The van der Waals surface area contributed by atoms with Gasteiger partial charge in [0.15, 0.2) is 0 Å². The van der Waals surface area contributed by atoms with Gasteiger partial charge in [0.25, 0.3) is 11.5 Å². The van der Waals surface area contributed by atoms with Crippen molar-refractivity contribution < 1.29 is 9.18 Å². The lowest BCUT2D eigenvalue weighted by Gasteiger charge is -2.06. The molecule has 0 aliphatic carbocycles. The Morgan fingerprint density at radius 1 is 1.21 bits per heavy atom. The van der Waals surface area contributed by atoms with Gasteiger partial charge in [-0.3, -0.25) is 9.59 Å². The van der Waals surface area contributed by atoms with Crippen molar-refractivity contribution in [2.45, 2.75) is 6.92 Å². The van der Waals surface area contributed by atoms with Crippen LogP contribution in [0.3, 0.4) is 0 Å². The predicted octanol–water partition coefficient (Wildman–Crippen LogP) is 3.46. The van der Waals surface area contributed by atoms with Crippen LogP contribution >= 0.6 is 11.6 Å². The Balaban J connectivity index is 1.68. The molecule has 2 aromatic heterocycles. The SMILES string of the molecule is Cc1nn(-c2ccc(F)cc2)c(Cl)c1C(=O)Nc1ccc2nc[nH]c(=O)c2c1. The van der Waals surface area contributed by atoms with E-state index in [1.54, 1.807) is 19.1 Å². The Kier molecular flexibility index (Phi) is 4.40. The number of aromatic amines is 1. The van der Waals surface area contributed by atoms with Gasteiger partial charge in [-0.2, -0.15) is 5.10 Å². The second-order valence-electron chi connectivity index (χ2n) is 6.06. The summed E-state index contributed by atoms with van der Waals surface area (Å²) in [7, 11) is 0. The van der Waals surface area contributed by atoms with Gasteiger partial charge in [0.1, 0.15) is 16.5 Å². The van der Waals surface area contributed by atoms with Crippen molar-refractivity contribution in [1.82, 2.24) is 19.7 Å². The summed E-state index contributed by atoms with van der Waals surface area (Å²) in [6.07, 6.45) is 1.32. The third-order valence-electron chi connectivity index (χ3n) is 4.20. The Labute approximate surface area is 162 Å². The highest BCUT2D eigenvalue weighted by molar-refractivity contribution is 6.34. The van der Waals surface area contributed by atoms with E-state index in [1.165, 1.54) is 41.3 Å². The first-order valence-corrected chi connectivity index (χ1v) is 8.61. The molecule has 2 heterocycles. The van der Waals surface area contributed by atoms with Crippen LogP contribution in [0.5, 0.6) is 0 Å². The maximum Gasteiger partial charge on any atom is 0.260 e. The van der Waals surface area contributed by atoms with Gasteiger partial charge in [-0.25, -0.2) is 14.1 Å². The standard InChI is InChI=1S/C19H13ClFN5O2/c1-10-16(17(20)26(25-10)13-5-2-11(21)3-6-13)19(28)24-12-4-7-15-14(8-12)18(27)23-9-22-15/h2-9H,1H3,(H,24,28)(H,22,23,27). The van der Waals surface area contributed by atoms with E-state index in [-0.39, 0.29) is 22.1 Å². The highest BCUT2D eigenvalue weighted by atomic mass is 35.5. The fourth-order valence-electron chi connectivity index (χ4n) is 2.85. The van der Waals surface area contributed by atoms with Gasteiger partial charge in [-0.15, -0.1) is 0 Å². The van der Waals surface area contributed by atoms with Crippen molar-refractivity contribution >= 4 is 34.1 Å². The quantitative estimate of drug-likeness (QED) is 0.553. The Hall–Kier alpha value is -3.52. The number of H-pyrrole nitrogens is 1. The number of aromatic nitrogens is 4. The molecule has 0 aliphatic rings. The maximum absolute atomic E-state index is 13.1. The molecular formula is C19H13ClFN5O2. The number of amides is 1. The molecule has 7 nitrogen and oxygen atoms in total. The number of carbonyl (C=O) groups excluding carboxylic acids is 1. The number of fused-ring (bicyclic) bond motifs is 1. The van der Waals surface area contributed by atoms with Crippen molar-refractivity contribution in [2.75, 3.05) is 5.32 Å². The molecule has 1 amide bonds. The van der Waals surface area contributed by atoms with E-state index in [4.69, 9.17) is 11.6 Å². The zero-order valence-electron chi connectivity index (χ0n) is 14.5. The van der Waals surface area contributed by atoms with Crippen LogP contribution in [0.25, 0.3) is 16.6 Å². The lowest BCUT2D eigenvalue weighted by Crippen LogP contribution is -2.14. The van der Waals surface area contributed by atoms with Crippen molar-refractivity contribution in [1.29, 1.82) is 0 Å². The molecule has 0 fully saturated rings. The maximum atomic E-state index is 13.1. The second kappa shape index (κ2) is 6.90. The number of benzene rings is 2. The first-order valence-electron chi connectivity index (χ1n) is 8.24. The summed E-state index contributed by atoms with van der Waals surface area (Å²) < 4.78 is 14.5. The summed E-state index contributed by atoms with van der Waals surface area (Å²) in [4.78, 5) is 31.2. The molecule has 140 valence electrons. The molecule has 28 heavy (non-hydrogen) atoms. The van der Waals surface area contributed by atoms with Crippen LogP contribution in [0.1, 0.15) is 16.1 Å². The van der Waals surface area contributed by atoms with E-state index in [0.29, 0.717) is 28.0 Å². The van der Waals surface area contributed by atoms with E-state index in [2.05, 4.69) is 20.4 Å². The number of hydrogen-bond acceptors (Lipinski definition) is 4. The number of carbonyl (C=O) groups is 1. The van der Waals surface area contributed by atoms with Gasteiger partial charge in [-0.05, 0) is 49.4 Å². The van der Waals surface area contributed by atoms with E-state index in [9.17, 15) is 14.0 Å². The summed E-state index contributed by atoms with van der Waals surface area (Å²) in [6.45, 7) is 1.65. The molecule has 0 saturated heterocycles. The number of aryl methyl sites for hydroxylation is 1. The monoisotopic (exact) mass is 397 g/mol. The molecule has 4 aromatic rings.